The van der Waals surface area contributed by atoms with Gasteiger partial charge in [-0.25, -0.2) is 0 Å². The second-order valence-electron chi connectivity index (χ2n) is 2.44. The van der Waals surface area contributed by atoms with Crippen molar-refractivity contribution in [1.82, 2.24) is 15.1 Å². The topological polar surface area (TPSA) is 65.1 Å². The van der Waals surface area contributed by atoms with E-state index in [2.05, 4.69) is 10.4 Å². The van der Waals surface area contributed by atoms with Crippen LogP contribution in [0.2, 0.25) is 0 Å². The molecule has 0 amide bonds. The van der Waals surface area contributed by atoms with Gasteiger partial charge in [0, 0.05) is 6.20 Å². The molecule has 0 aliphatic rings. The Balaban J connectivity index is 2.15. The molecule has 1 rings (SSSR count). The number of rotatable bonds is 5. The van der Waals surface area contributed by atoms with Crippen molar-refractivity contribution < 1.29 is 4.74 Å². The van der Waals surface area contributed by atoms with Gasteiger partial charge in [-0.05, 0) is 7.05 Å². The normalized spacial score (nSPS) is 10.4. The fraction of sp³-hybridized carbons (Fsp3) is 0.571. The summed E-state index contributed by atoms with van der Waals surface area (Å²) in [6.45, 7) is 1.94. The van der Waals surface area contributed by atoms with E-state index >= 15 is 0 Å². The first-order valence-corrected chi connectivity index (χ1v) is 3.83. The zero-order chi connectivity index (χ0) is 8.81. The third kappa shape index (κ3) is 2.89. The zero-order valence-electron chi connectivity index (χ0n) is 7.16. The standard InChI is InChI=1S/C7H14N4O/c1-9-6-12-3-2-11-5-7(8)4-10-11/h4-5,9H,2-3,6,8H2,1H3. The quantitative estimate of drug-likeness (QED) is 0.468. The van der Waals surface area contributed by atoms with Crippen LogP contribution in [0.4, 0.5) is 5.69 Å². The van der Waals surface area contributed by atoms with Crippen LogP contribution >= 0.6 is 0 Å². The van der Waals surface area contributed by atoms with Gasteiger partial charge in [0.05, 0.1) is 31.8 Å². The maximum Gasteiger partial charge on any atom is 0.0963 e. The van der Waals surface area contributed by atoms with Crippen molar-refractivity contribution in [2.24, 2.45) is 0 Å². The molecule has 0 aromatic carbocycles. The summed E-state index contributed by atoms with van der Waals surface area (Å²) in [6.07, 6.45) is 3.40. The lowest BCUT2D eigenvalue weighted by molar-refractivity contribution is 0.112. The largest absolute Gasteiger partial charge is 0.396 e. The lowest BCUT2D eigenvalue weighted by atomic mass is 10.6. The Bertz CT molecular complexity index is 223. The van der Waals surface area contributed by atoms with E-state index in [9.17, 15) is 0 Å². The molecule has 0 fully saturated rings. The zero-order valence-corrected chi connectivity index (χ0v) is 7.16. The number of hydrogen-bond acceptors (Lipinski definition) is 4. The van der Waals surface area contributed by atoms with Crippen LogP contribution in [0.5, 0.6) is 0 Å². The molecule has 0 unspecified atom stereocenters. The number of ether oxygens (including phenoxy) is 1. The third-order valence-electron chi connectivity index (χ3n) is 1.36. The van der Waals surface area contributed by atoms with Crippen LogP contribution in [0.25, 0.3) is 0 Å². The Morgan fingerprint density at radius 3 is 3.17 bits per heavy atom. The van der Waals surface area contributed by atoms with Gasteiger partial charge in [-0.15, -0.1) is 0 Å². The average Bonchev–Trinajstić information content (AvgIpc) is 2.45. The van der Waals surface area contributed by atoms with E-state index in [1.165, 1.54) is 0 Å². The van der Waals surface area contributed by atoms with Gasteiger partial charge in [0.2, 0.25) is 0 Å². The van der Waals surface area contributed by atoms with Crippen molar-refractivity contribution in [3.8, 4) is 0 Å². The van der Waals surface area contributed by atoms with E-state index in [1.54, 1.807) is 17.1 Å². The molecule has 0 radical (unpaired) electrons. The Labute approximate surface area is 71.5 Å². The summed E-state index contributed by atoms with van der Waals surface area (Å²) >= 11 is 0. The first kappa shape index (κ1) is 9.02. The van der Waals surface area contributed by atoms with Gasteiger partial charge in [-0.3, -0.25) is 10.00 Å². The SMILES string of the molecule is CNCOCCn1cc(N)cn1. The Morgan fingerprint density at radius 2 is 2.58 bits per heavy atom. The predicted octanol–water partition coefficient (Wildman–Crippen LogP) is -0.341. The number of nitrogens with two attached hydrogens (primary N) is 1. The number of nitrogens with zero attached hydrogens (tertiary/aromatic N) is 2. The number of nitrogen functional groups attached to an aromatic ring is 1. The average molecular weight is 170 g/mol. The molecule has 0 bridgehead atoms. The highest BCUT2D eigenvalue weighted by molar-refractivity contribution is 5.30. The lowest BCUT2D eigenvalue weighted by Gasteiger charge is -2.02. The van der Waals surface area contributed by atoms with Crippen LogP contribution in [-0.4, -0.2) is 30.2 Å². The molecular formula is C7H14N4O. The molecular weight excluding hydrogens is 156 g/mol. The molecule has 12 heavy (non-hydrogen) atoms. The second kappa shape index (κ2) is 4.74. The van der Waals surface area contributed by atoms with Crippen LogP contribution in [0.15, 0.2) is 12.4 Å². The van der Waals surface area contributed by atoms with Gasteiger partial charge < -0.3 is 10.5 Å². The van der Waals surface area contributed by atoms with Crippen molar-refractivity contribution in [2.45, 2.75) is 6.54 Å². The monoisotopic (exact) mass is 170 g/mol. The molecule has 1 heterocycles. The molecule has 1 aromatic rings. The van der Waals surface area contributed by atoms with Gasteiger partial charge in [0.25, 0.3) is 0 Å². The molecule has 0 saturated heterocycles. The lowest BCUT2D eigenvalue weighted by Crippen LogP contribution is -2.15. The molecule has 0 aliphatic heterocycles. The predicted molar refractivity (Wildman–Crippen MR) is 46.5 cm³/mol. The summed E-state index contributed by atoms with van der Waals surface area (Å²) in [6, 6.07) is 0. The van der Waals surface area contributed by atoms with E-state index in [0.29, 0.717) is 19.0 Å². The highest BCUT2D eigenvalue weighted by Crippen LogP contribution is 1.96. The fourth-order valence-electron chi connectivity index (χ4n) is 0.834. The highest BCUT2D eigenvalue weighted by atomic mass is 16.5. The first-order chi connectivity index (χ1) is 5.83. The summed E-state index contributed by atoms with van der Waals surface area (Å²) < 4.78 is 6.94. The van der Waals surface area contributed by atoms with E-state index in [0.717, 1.165) is 6.54 Å². The van der Waals surface area contributed by atoms with Gasteiger partial charge in [-0.2, -0.15) is 5.10 Å². The van der Waals surface area contributed by atoms with Gasteiger partial charge in [0.1, 0.15) is 0 Å². The fourth-order valence-corrected chi connectivity index (χ4v) is 0.834. The minimum absolute atomic E-state index is 0.566. The van der Waals surface area contributed by atoms with Crippen LogP contribution in [0, 0.1) is 0 Å². The first-order valence-electron chi connectivity index (χ1n) is 3.83. The van der Waals surface area contributed by atoms with Gasteiger partial charge in [0.15, 0.2) is 0 Å². The van der Waals surface area contributed by atoms with Gasteiger partial charge in [-0.1, -0.05) is 0 Å². The maximum atomic E-state index is 5.47. The summed E-state index contributed by atoms with van der Waals surface area (Å²) in [5, 5.41) is 6.89. The molecule has 0 saturated carbocycles. The van der Waals surface area contributed by atoms with Crippen molar-refractivity contribution in [3.63, 3.8) is 0 Å². The Hall–Kier alpha value is -1.07. The van der Waals surface area contributed by atoms with Crippen molar-refractivity contribution >= 4 is 5.69 Å². The summed E-state index contributed by atoms with van der Waals surface area (Å²) in [5.74, 6) is 0. The van der Waals surface area contributed by atoms with Crippen LogP contribution in [0.3, 0.4) is 0 Å². The molecule has 5 heteroatoms. The van der Waals surface area contributed by atoms with E-state index < -0.39 is 0 Å². The van der Waals surface area contributed by atoms with Crippen molar-refractivity contribution in [3.05, 3.63) is 12.4 Å². The Morgan fingerprint density at radius 1 is 1.75 bits per heavy atom. The van der Waals surface area contributed by atoms with Crippen LogP contribution in [-0.2, 0) is 11.3 Å². The minimum atomic E-state index is 0.566. The Kier molecular flexibility index (Phi) is 3.56. The summed E-state index contributed by atoms with van der Waals surface area (Å²) in [4.78, 5) is 0. The third-order valence-corrected chi connectivity index (χ3v) is 1.36. The van der Waals surface area contributed by atoms with Crippen LogP contribution in [0.1, 0.15) is 0 Å². The maximum absolute atomic E-state index is 5.47. The molecule has 1 aromatic heterocycles. The van der Waals surface area contributed by atoms with E-state index in [-0.39, 0.29) is 0 Å². The summed E-state index contributed by atoms with van der Waals surface area (Å²) in [5.41, 5.74) is 6.16. The van der Waals surface area contributed by atoms with Gasteiger partial charge >= 0.3 is 0 Å². The molecule has 0 spiro atoms. The number of aromatic nitrogens is 2. The smallest absolute Gasteiger partial charge is 0.0963 e. The highest BCUT2D eigenvalue weighted by Gasteiger charge is 1.93. The van der Waals surface area contributed by atoms with Crippen LogP contribution < -0.4 is 11.1 Å². The number of hydrogen-bond donors (Lipinski definition) is 2. The van der Waals surface area contributed by atoms with E-state index in [1.807, 2.05) is 7.05 Å². The van der Waals surface area contributed by atoms with Crippen molar-refractivity contribution in [1.29, 1.82) is 0 Å². The molecule has 0 atom stereocenters. The number of nitrogens with one attached hydrogen (secondary N) is 1. The summed E-state index contributed by atoms with van der Waals surface area (Å²) in [7, 11) is 1.84. The second-order valence-corrected chi connectivity index (χ2v) is 2.44. The molecule has 3 N–H and O–H groups in total. The molecule has 5 nitrogen and oxygen atoms in total. The van der Waals surface area contributed by atoms with Crippen molar-refractivity contribution in [2.75, 3.05) is 26.1 Å². The van der Waals surface area contributed by atoms with E-state index in [4.69, 9.17) is 10.5 Å². The molecule has 68 valence electrons. The number of anilines is 1. The minimum Gasteiger partial charge on any atom is -0.396 e. The molecule has 0 aliphatic carbocycles.